The molecule has 6 nitrogen and oxygen atoms in total. The predicted octanol–water partition coefficient (Wildman–Crippen LogP) is 1.43. The number of amides is 1. The molecule has 1 atom stereocenters. The van der Waals surface area contributed by atoms with E-state index in [0.717, 1.165) is 51.5 Å². The maximum Gasteiger partial charge on any atom is 0.222 e. The molecule has 0 unspecified atom stereocenters. The zero-order chi connectivity index (χ0) is 17.6. The summed E-state index contributed by atoms with van der Waals surface area (Å²) in [7, 11) is 6.27. The van der Waals surface area contributed by atoms with Gasteiger partial charge in [-0.15, -0.1) is 0 Å². The molecular weight excluding hydrogens is 314 g/mol. The molecule has 3 aliphatic rings. The van der Waals surface area contributed by atoms with E-state index in [2.05, 4.69) is 39.9 Å². The number of hydrogen-bond acceptors (Lipinski definition) is 4. The molecule has 2 saturated heterocycles. The quantitative estimate of drug-likeness (QED) is 0.831. The average molecular weight is 345 g/mol. The summed E-state index contributed by atoms with van der Waals surface area (Å²) in [4.78, 5) is 19.2. The number of piperazine rings is 1. The second-order valence-corrected chi connectivity index (χ2v) is 8.37. The number of carbonyl (C=O) groups excluding carboxylic acids is 1. The van der Waals surface area contributed by atoms with Gasteiger partial charge >= 0.3 is 0 Å². The first-order valence-corrected chi connectivity index (χ1v) is 9.67. The molecule has 0 bridgehead atoms. The number of aromatic nitrogens is 2. The number of aryl methyl sites for hydroxylation is 1. The summed E-state index contributed by atoms with van der Waals surface area (Å²) in [5.41, 5.74) is 3.00. The van der Waals surface area contributed by atoms with Crippen molar-refractivity contribution in [3.63, 3.8) is 0 Å². The Morgan fingerprint density at radius 2 is 1.96 bits per heavy atom. The van der Waals surface area contributed by atoms with E-state index in [1.54, 1.807) is 0 Å². The Balaban J connectivity index is 1.50. The van der Waals surface area contributed by atoms with Crippen molar-refractivity contribution in [3.8, 4) is 0 Å². The lowest BCUT2D eigenvalue weighted by atomic mass is 9.86. The van der Waals surface area contributed by atoms with Crippen molar-refractivity contribution in [2.24, 2.45) is 7.05 Å². The second-order valence-electron chi connectivity index (χ2n) is 8.37. The van der Waals surface area contributed by atoms with Gasteiger partial charge in [-0.3, -0.25) is 19.3 Å². The summed E-state index contributed by atoms with van der Waals surface area (Å²) in [6.45, 7) is 5.11. The summed E-state index contributed by atoms with van der Waals surface area (Å²) >= 11 is 0. The SMILES string of the molecule is CN1CC[C@@]2(CCC1=O)CN(Cc1cnn(C)c1C1CC1)CCN2C. The smallest absolute Gasteiger partial charge is 0.222 e. The van der Waals surface area contributed by atoms with Gasteiger partial charge in [-0.25, -0.2) is 0 Å². The minimum Gasteiger partial charge on any atom is -0.346 e. The van der Waals surface area contributed by atoms with Crippen LogP contribution in [0.4, 0.5) is 0 Å². The molecule has 138 valence electrons. The van der Waals surface area contributed by atoms with Gasteiger partial charge in [0.2, 0.25) is 5.91 Å². The summed E-state index contributed by atoms with van der Waals surface area (Å²) < 4.78 is 2.08. The first-order valence-electron chi connectivity index (χ1n) is 9.67. The van der Waals surface area contributed by atoms with Crippen molar-refractivity contribution in [2.45, 2.75) is 50.1 Å². The van der Waals surface area contributed by atoms with Crippen molar-refractivity contribution >= 4 is 5.91 Å². The highest BCUT2D eigenvalue weighted by atomic mass is 16.2. The lowest BCUT2D eigenvalue weighted by Gasteiger charge is -2.49. The largest absolute Gasteiger partial charge is 0.346 e. The Hall–Kier alpha value is -1.40. The number of likely N-dealkylation sites (N-methyl/N-ethyl adjacent to an activating group) is 1. The first kappa shape index (κ1) is 17.0. The number of nitrogens with zero attached hydrogens (tertiary/aromatic N) is 5. The molecule has 25 heavy (non-hydrogen) atoms. The standard InChI is InChI=1S/C19H31N5O/c1-21-9-8-19(7-6-17(21)25)14-24(11-10-22(19)2)13-16-12-20-23(3)18(16)15-4-5-15/h12,15H,4-11,13-14H2,1-3H3/t19-/m0/s1. The first-order chi connectivity index (χ1) is 12.0. The molecule has 1 aliphatic carbocycles. The van der Waals surface area contributed by atoms with Gasteiger partial charge in [-0.2, -0.15) is 5.10 Å². The van der Waals surface area contributed by atoms with E-state index in [1.807, 2.05) is 11.9 Å². The van der Waals surface area contributed by atoms with Crippen LogP contribution in [0.25, 0.3) is 0 Å². The van der Waals surface area contributed by atoms with E-state index in [1.165, 1.54) is 24.1 Å². The van der Waals surface area contributed by atoms with Crippen LogP contribution in [0.2, 0.25) is 0 Å². The summed E-state index contributed by atoms with van der Waals surface area (Å²) in [5.74, 6) is 1.03. The Morgan fingerprint density at radius 1 is 1.16 bits per heavy atom. The Morgan fingerprint density at radius 3 is 2.72 bits per heavy atom. The van der Waals surface area contributed by atoms with E-state index in [4.69, 9.17) is 0 Å². The van der Waals surface area contributed by atoms with Crippen LogP contribution in [0.3, 0.4) is 0 Å². The third kappa shape index (κ3) is 3.22. The van der Waals surface area contributed by atoms with Crippen LogP contribution in [0.15, 0.2) is 6.20 Å². The highest BCUT2D eigenvalue weighted by Gasteiger charge is 2.42. The fourth-order valence-corrected chi connectivity index (χ4v) is 4.71. The van der Waals surface area contributed by atoms with E-state index in [-0.39, 0.29) is 5.54 Å². The van der Waals surface area contributed by atoms with Gasteiger partial charge in [-0.05, 0) is 32.7 Å². The van der Waals surface area contributed by atoms with Gasteiger partial charge in [-0.1, -0.05) is 0 Å². The molecule has 0 aromatic carbocycles. The molecule has 6 heteroatoms. The zero-order valence-corrected chi connectivity index (χ0v) is 15.9. The highest BCUT2D eigenvalue weighted by Crippen LogP contribution is 2.42. The van der Waals surface area contributed by atoms with Crippen LogP contribution in [0.5, 0.6) is 0 Å². The topological polar surface area (TPSA) is 44.6 Å². The number of likely N-dealkylation sites (tertiary alicyclic amines) is 1. The van der Waals surface area contributed by atoms with Gasteiger partial charge in [0.05, 0.1) is 6.20 Å². The van der Waals surface area contributed by atoms with Crippen molar-refractivity contribution in [2.75, 3.05) is 40.3 Å². The lowest BCUT2D eigenvalue weighted by molar-refractivity contribution is -0.129. The Labute approximate surface area is 150 Å². The summed E-state index contributed by atoms with van der Waals surface area (Å²) in [6.07, 6.45) is 7.43. The minimum atomic E-state index is 0.140. The van der Waals surface area contributed by atoms with Crippen molar-refractivity contribution in [1.29, 1.82) is 0 Å². The van der Waals surface area contributed by atoms with Gasteiger partial charge in [0.1, 0.15) is 0 Å². The summed E-state index contributed by atoms with van der Waals surface area (Å²) in [6, 6.07) is 0. The molecule has 4 rings (SSSR count). The number of rotatable bonds is 3. The molecule has 1 saturated carbocycles. The lowest BCUT2D eigenvalue weighted by Crippen LogP contribution is -2.60. The fraction of sp³-hybridized carbons (Fsp3) is 0.789. The van der Waals surface area contributed by atoms with E-state index < -0.39 is 0 Å². The monoisotopic (exact) mass is 345 g/mol. The highest BCUT2D eigenvalue weighted by molar-refractivity contribution is 5.76. The van der Waals surface area contributed by atoms with Gasteiger partial charge < -0.3 is 4.90 Å². The van der Waals surface area contributed by atoms with E-state index in [9.17, 15) is 4.79 Å². The normalized spacial score (nSPS) is 29.4. The van der Waals surface area contributed by atoms with Gasteiger partial charge in [0, 0.05) is 76.0 Å². The molecule has 0 N–H and O–H groups in total. The fourth-order valence-electron chi connectivity index (χ4n) is 4.71. The van der Waals surface area contributed by atoms with Crippen molar-refractivity contribution in [1.82, 2.24) is 24.5 Å². The second kappa shape index (κ2) is 6.40. The molecule has 1 amide bonds. The maximum absolute atomic E-state index is 12.1. The zero-order valence-electron chi connectivity index (χ0n) is 15.9. The molecule has 1 aromatic heterocycles. The molecular formula is C19H31N5O. The molecule has 2 aliphatic heterocycles. The maximum atomic E-state index is 12.1. The van der Waals surface area contributed by atoms with E-state index >= 15 is 0 Å². The summed E-state index contributed by atoms with van der Waals surface area (Å²) in [5, 5.41) is 4.53. The number of hydrogen-bond donors (Lipinski definition) is 0. The Kier molecular flexibility index (Phi) is 4.36. The van der Waals surface area contributed by atoms with Gasteiger partial charge in [0.15, 0.2) is 0 Å². The van der Waals surface area contributed by atoms with Crippen LogP contribution in [-0.2, 0) is 18.4 Å². The third-order valence-corrected chi connectivity index (χ3v) is 6.64. The minimum absolute atomic E-state index is 0.140. The predicted molar refractivity (Wildman–Crippen MR) is 97.3 cm³/mol. The molecule has 1 aromatic rings. The van der Waals surface area contributed by atoms with Crippen LogP contribution < -0.4 is 0 Å². The van der Waals surface area contributed by atoms with E-state index in [0.29, 0.717) is 12.3 Å². The molecule has 1 spiro atoms. The third-order valence-electron chi connectivity index (χ3n) is 6.64. The van der Waals surface area contributed by atoms with Crippen LogP contribution in [0.1, 0.15) is 49.3 Å². The van der Waals surface area contributed by atoms with Crippen molar-refractivity contribution < 1.29 is 4.79 Å². The molecule has 3 heterocycles. The van der Waals surface area contributed by atoms with Crippen LogP contribution >= 0.6 is 0 Å². The van der Waals surface area contributed by atoms with Gasteiger partial charge in [0.25, 0.3) is 0 Å². The van der Waals surface area contributed by atoms with Crippen LogP contribution in [-0.4, -0.2) is 76.2 Å². The molecule has 3 fully saturated rings. The van der Waals surface area contributed by atoms with Crippen LogP contribution in [0, 0.1) is 0 Å². The molecule has 0 radical (unpaired) electrons. The average Bonchev–Trinajstić information content (AvgIpc) is 3.38. The Bertz CT molecular complexity index is 652. The number of carbonyl (C=O) groups is 1. The van der Waals surface area contributed by atoms with Crippen molar-refractivity contribution in [3.05, 3.63) is 17.5 Å².